The van der Waals surface area contributed by atoms with E-state index in [0.717, 1.165) is 27.6 Å². The maximum absolute atomic E-state index is 12.1. The standard InChI is InChI=1S/C20H21N3O3/c1-13-6-5-7-14(2)20(13)26-12-19(25)23-22-18(24)10-15-11-21-17-9-4-3-8-16(15)17/h3-9,11,21H,10,12H2,1-2H3,(H,22,24)(H,23,25). The van der Waals surface area contributed by atoms with E-state index in [1.54, 1.807) is 6.20 Å². The van der Waals surface area contributed by atoms with Gasteiger partial charge in [0.25, 0.3) is 5.91 Å². The first-order chi connectivity index (χ1) is 12.5. The molecule has 0 aliphatic rings. The first-order valence-corrected chi connectivity index (χ1v) is 8.36. The largest absolute Gasteiger partial charge is 0.483 e. The number of aromatic nitrogens is 1. The van der Waals surface area contributed by atoms with E-state index < -0.39 is 5.91 Å². The lowest BCUT2D eigenvalue weighted by atomic mass is 10.1. The van der Waals surface area contributed by atoms with Crippen LogP contribution in [0.5, 0.6) is 5.75 Å². The third kappa shape index (κ3) is 4.03. The van der Waals surface area contributed by atoms with Crippen LogP contribution >= 0.6 is 0 Å². The zero-order valence-corrected chi connectivity index (χ0v) is 14.8. The van der Waals surface area contributed by atoms with Crippen molar-refractivity contribution < 1.29 is 14.3 Å². The molecule has 3 rings (SSSR count). The highest BCUT2D eigenvalue weighted by molar-refractivity contribution is 5.89. The summed E-state index contributed by atoms with van der Waals surface area (Å²) in [6.07, 6.45) is 1.97. The molecule has 26 heavy (non-hydrogen) atoms. The lowest BCUT2D eigenvalue weighted by molar-refractivity contribution is -0.129. The lowest BCUT2D eigenvalue weighted by Crippen LogP contribution is -2.44. The van der Waals surface area contributed by atoms with Crippen LogP contribution in [0.1, 0.15) is 16.7 Å². The number of H-pyrrole nitrogens is 1. The van der Waals surface area contributed by atoms with Gasteiger partial charge in [-0.05, 0) is 36.6 Å². The fourth-order valence-corrected chi connectivity index (χ4v) is 2.84. The van der Waals surface area contributed by atoms with Crippen molar-refractivity contribution in [2.24, 2.45) is 0 Å². The SMILES string of the molecule is Cc1cccc(C)c1OCC(=O)NNC(=O)Cc1c[nH]c2ccccc12. The predicted octanol–water partition coefficient (Wildman–Crippen LogP) is 2.55. The number of hydrogen-bond donors (Lipinski definition) is 3. The molecule has 134 valence electrons. The fraction of sp³-hybridized carbons (Fsp3) is 0.200. The van der Waals surface area contributed by atoms with Gasteiger partial charge in [0.1, 0.15) is 5.75 Å². The molecule has 0 saturated carbocycles. The van der Waals surface area contributed by atoms with E-state index in [0.29, 0.717) is 5.75 Å². The van der Waals surface area contributed by atoms with E-state index in [9.17, 15) is 9.59 Å². The minimum atomic E-state index is -0.417. The minimum absolute atomic E-state index is 0.168. The molecule has 3 N–H and O–H groups in total. The Kier molecular flexibility index (Phi) is 5.22. The van der Waals surface area contributed by atoms with E-state index >= 15 is 0 Å². The second-order valence-electron chi connectivity index (χ2n) is 6.14. The average Bonchev–Trinajstić information content (AvgIpc) is 3.02. The van der Waals surface area contributed by atoms with Crippen LogP contribution in [-0.4, -0.2) is 23.4 Å². The van der Waals surface area contributed by atoms with Gasteiger partial charge in [-0.15, -0.1) is 0 Å². The van der Waals surface area contributed by atoms with E-state index in [4.69, 9.17) is 4.74 Å². The molecule has 1 heterocycles. The summed E-state index contributed by atoms with van der Waals surface area (Å²) in [5.74, 6) is -0.0251. The van der Waals surface area contributed by atoms with Gasteiger partial charge in [-0.2, -0.15) is 0 Å². The molecule has 0 aliphatic carbocycles. The van der Waals surface area contributed by atoms with Gasteiger partial charge in [0.2, 0.25) is 5.91 Å². The molecule has 6 heteroatoms. The quantitative estimate of drug-likeness (QED) is 0.618. The molecular formula is C20H21N3O3. The number of carbonyl (C=O) groups is 2. The number of benzene rings is 2. The number of ether oxygens (including phenoxy) is 1. The smallest absolute Gasteiger partial charge is 0.276 e. The van der Waals surface area contributed by atoms with Crippen LogP contribution in [0.2, 0.25) is 0 Å². The summed E-state index contributed by atoms with van der Waals surface area (Å²) < 4.78 is 5.56. The average molecular weight is 351 g/mol. The first kappa shape index (κ1) is 17.5. The van der Waals surface area contributed by atoms with Crippen molar-refractivity contribution in [2.75, 3.05) is 6.61 Å². The topological polar surface area (TPSA) is 83.2 Å². The molecule has 0 fully saturated rings. The van der Waals surface area contributed by atoms with Crippen molar-refractivity contribution in [1.29, 1.82) is 0 Å². The Labute approximate surface area is 151 Å². The Hall–Kier alpha value is -3.28. The molecule has 3 aromatic rings. The molecule has 0 unspecified atom stereocenters. The number of aryl methyl sites for hydroxylation is 2. The number of amides is 2. The van der Waals surface area contributed by atoms with Crippen LogP contribution in [0, 0.1) is 13.8 Å². The summed E-state index contributed by atoms with van der Waals surface area (Å²) in [6, 6.07) is 13.5. The van der Waals surface area contributed by atoms with Crippen LogP contribution in [0.15, 0.2) is 48.7 Å². The Morgan fingerprint density at radius 3 is 2.42 bits per heavy atom. The van der Waals surface area contributed by atoms with E-state index in [1.165, 1.54) is 0 Å². The summed E-state index contributed by atoms with van der Waals surface area (Å²) in [6.45, 7) is 3.67. The fourth-order valence-electron chi connectivity index (χ4n) is 2.84. The maximum atomic E-state index is 12.1. The maximum Gasteiger partial charge on any atom is 0.276 e. The number of hydrogen-bond acceptors (Lipinski definition) is 3. The molecular weight excluding hydrogens is 330 g/mol. The molecule has 0 aliphatic heterocycles. The molecule has 2 aromatic carbocycles. The van der Waals surface area contributed by atoms with Gasteiger partial charge < -0.3 is 9.72 Å². The Bertz CT molecular complexity index is 926. The summed E-state index contributed by atoms with van der Waals surface area (Å²) in [5, 5.41) is 0.993. The molecule has 0 bridgehead atoms. The number of para-hydroxylation sites is 2. The summed E-state index contributed by atoms with van der Waals surface area (Å²) >= 11 is 0. The second-order valence-corrected chi connectivity index (χ2v) is 6.14. The Morgan fingerprint density at radius 2 is 1.65 bits per heavy atom. The van der Waals surface area contributed by atoms with E-state index in [1.807, 2.05) is 56.3 Å². The number of nitrogens with one attached hydrogen (secondary N) is 3. The Morgan fingerprint density at radius 1 is 0.962 bits per heavy atom. The molecule has 0 saturated heterocycles. The lowest BCUT2D eigenvalue weighted by Gasteiger charge is -2.12. The number of hydrazine groups is 1. The highest BCUT2D eigenvalue weighted by Crippen LogP contribution is 2.22. The number of carbonyl (C=O) groups excluding carboxylic acids is 2. The second kappa shape index (κ2) is 7.74. The number of aromatic amines is 1. The van der Waals surface area contributed by atoms with Gasteiger partial charge >= 0.3 is 0 Å². The van der Waals surface area contributed by atoms with Crippen molar-refractivity contribution in [1.82, 2.24) is 15.8 Å². The highest BCUT2D eigenvalue weighted by Gasteiger charge is 2.11. The monoisotopic (exact) mass is 351 g/mol. The molecule has 0 spiro atoms. The van der Waals surface area contributed by atoms with Gasteiger partial charge in [0, 0.05) is 17.1 Å². The Balaban J connectivity index is 1.49. The van der Waals surface area contributed by atoms with Crippen LogP contribution < -0.4 is 15.6 Å². The van der Waals surface area contributed by atoms with Crippen molar-refractivity contribution in [2.45, 2.75) is 20.3 Å². The first-order valence-electron chi connectivity index (χ1n) is 8.36. The highest BCUT2D eigenvalue weighted by atomic mass is 16.5. The van der Waals surface area contributed by atoms with Crippen molar-refractivity contribution >= 4 is 22.7 Å². The summed E-state index contributed by atoms with van der Waals surface area (Å²) in [4.78, 5) is 27.1. The van der Waals surface area contributed by atoms with Crippen molar-refractivity contribution in [3.63, 3.8) is 0 Å². The van der Waals surface area contributed by atoms with Gasteiger partial charge in [0.05, 0.1) is 6.42 Å². The third-order valence-corrected chi connectivity index (χ3v) is 4.12. The molecule has 2 amide bonds. The van der Waals surface area contributed by atoms with Crippen molar-refractivity contribution in [3.8, 4) is 5.75 Å². The third-order valence-electron chi connectivity index (χ3n) is 4.12. The minimum Gasteiger partial charge on any atom is -0.483 e. The molecule has 0 atom stereocenters. The predicted molar refractivity (Wildman–Crippen MR) is 99.7 cm³/mol. The van der Waals surface area contributed by atoms with Gasteiger partial charge in [-0.1, -0.05) is 36.4 Å². The van der Waals surface area contributed by atoms with Gasteiger partial charge in [-0.25, -0.2) is 0 Å². The molecule has 1 aromatic heterocycles. The van der Waals surface area contributed by atoms with Gasteiger partial charge in [0.15, 0.2) is 6.61 Å². The zero-order chi connectivity index (χ0) is 18.5. The van der Waals surface area contributed by atoms with Crippen LogP contribution in [0.4, 0.5) is 0 Å². The molecule has 6 nitrogen and oxygen atoms in total. The number of fused-ring (bicyclic) bond motifs is 1. The molecule has 0 radical (unpaired) electrons. The summed E-state index contributed by atoms with van der Waals surface area (Å²) in [5.41, 5.74) is 8.56. The normalized spacial score (nSPS) is 10.5. The van der Waals surface area contributed by atoms with Crippen LogP contribution in [0.3, 0.4) is 0 Å². The van der Waals surface area contributed by atoms with E-state index in [2.05, 4.69) is 15.8 Å². The summed E-state index contributed by atoms with van der Waals surface area (Å²) in [7, 11) is 0. The zero-order valence-electron chi connectivity index (χ0n) is 14.8. The van der Waals surface area contributed by atoms with Crippen molar-refractivity contribution in [3.05, 3.63) is 65.4 Å². The van der Waals surface area contributed by atoms with Crippen LogP contribution in [-0.2, 0) is 16.0 Å². The number of rotatable bonds is 5. The van der Waals surface area contributed by atoms with E-state index in [-0.39, 0.29) is 18.9 Å². The van der Waals surface area contributed by atoms with Crippen LogP contribution in [0.25, 0.3) is 10.9 Å². The van der Waals surface area contributed by atoms with Gasteiger partial charge in [-0.3, -0.25) is 20.4 Å².